The molecule has 4 heterocycles. The summed E-state index contributed by atoms with van der Waals surface area (Å²) in [6.45, 7) is 9.15. The van der Waals surface area contributed by atoms with Crippen molar-refractivity contribution in [3.05, 3.63) is 22.7 Å². The molecule has 0 spiro atoms. The molecule has 0 aromatic carbocycles. The van der Waals surface area contributed by atoms with Gasteiger partial charge in [-0.3, -0.25) is 9.69 Å². The molecule has 2 aliphatic rings. The van der Waals surface area contributed by atoms with Gasteiger partial charge in [0.05, 0.1) is 12.2 Å². The van der Waals surface area contributed by atoms with Crippen LogP contribution in [0.1, 0.15) is 39.0 Å². The predicted octanol–water partition coefficient (Wildman–Crippen LogP) is 3.08. The monoisotopic (exact) mass is 418 g/mol. The number of hydrogen-bond acceptors (Lipinski definition) is 7. The Morgan fingerprint density at radius 1 is 1.21 bits per heavy atom. The Balaban J connectivity index is 1.19. The molecule has 8 heteroatoms. The molecule has 2 aliphatic heterocycles. The molecule has 1 amide bonds. The van der Waals surface area contributed by atoms with Crippen molar-refractivity contribution in [1.29, 1.82) is 0 Å². The number of carbonyl (C=O) groups excluding carboxylic acids is 1. The third-order valence-electron chi connectivity index (χ3n) is 5.77. The van der Waals surface area contributed by atoms with E-state index in [2.05, 4.69) is 28.9 Å². The summed E-state index contributed by atoms with van der Waals surface area (Å²) in [4.78, 5) is 17.1. The van der Waals surface area contributed by atoms with Crippen molar-refractivity contribution in [1.82, 2.24) is 20.0 Å². The maximum atomic E-state index is 12.6. The van der Waals surface area contributed by atoms with Crippen LogP contribution >= 0.6 is 11.3 Å². The van der Waals surface area contributed by atoms with Crippen LogP contribution in [0.5, 0.6) is 0 Å². The number of aryl methyl sites for hydroxylation is 1. The van der Waals surface area contributed by atoms with Crippen LogP contribution in [0.15, 0.2) is 21.2 Å². The smallest absolute Gasteiger partial charge is 0.248 e. The van der Waals surface area contributed by atoms with E-state index < -0.39 is 0 Å². The van der Waals surface area contributed by atoms with E-state index in [1.165, 1.54) is 0 Å². The minimum absolute atomic E-state index is 0.187. The van der Waals surface area contributed by atoms with Crippen LogP contribution in [0.4, 0.5) is 0 Å². The minimum Gasteiger partial charge on any atom is -0.421 e. The highest BCUT2D eigenvalue weighted by Gasteiger charge is 2.28. The van der Waals surface area contributed by atoms with Gasteiger partial charge < -0.3 is 14.1 Å². The third-order valence-corrected chi connectivity index (χ3v) is 6.45. The van der Waals surface area contributed by atoms with Crippen molar-refractivity contribution >= 4 is 17.2 Å². The van der Waals surface area contributed by atoms with Crippen molar-refractivity contribution in [2.75, 3.05) is 32.7 Å². The standard InChI is InChI=1S/C21H30N4O3S/c1-15-11-24(12-16(2)27-15)13-17-5-8-25(9-6-17)20(26)4-3-19-22-23-21(28-19)18-7-10-29-14-18/h7,10,14-17H,3-6,8-9,11-13H2,1-2H3. The topological polar surface area (TPSA) is 71.7 Å². The fourth-order valence-corrected chi connectivity index (χ4v) is 5.02. The second-order valence-electron chi connectivity index (χ2n) is 8.31. The molecule has 0 radical (unpaired) electrons. The molecule has 2 unspecified atom stereocenters. The van der Waals surface area contributed by atoms with Gasteiger partial charge in [0.1, 0.15) is 0 Å². The average Bonchev–Trinajstić information content (AvgIpc) is 3.37. The first-order chi connectivity index (χ1) is 14.1. The number of amides is 1. The Morgan fingerprint density at radius 3 is 2.66 bits per heavy atom. The van der Waals surface area contributed by atoms with Crippen LogP contribution < -0.4 is 0 Å². The predicted molar refractivity (Wildman–Crippen MR) is 112 cm³/mol. The number of rotatable bonds is 6. The van der Waals surface area contributed by atoms with Gasteiger partial charge in [-0.15, -0.1) is 10.2 Å². The zero-order chi connectivity index (χ0) is 20.2. The van der Waals surface area contributed by atoms with E-state index in [1.54, 1.807) is 11.3 Å². The largest absolute Gasteiger partial charge is 0.421 e. The Hall–Kier alpha value is -1.77. The molecule has 158 valence electrons. The van der Waals surface area contributed by atoms with E-state index in [9.17, 15) is 4.79 Å². The normalized spacial score (nSPS) is 24.1. The molecular weight excluding hydrogens is 388 g/mol. The summed E-state index contributed by atoms with van der Waals surface area (Å²) < 4.78 is 11.5. The van der Waals surface area contributed by atoms with Crippen LogP contribution in [0.3, 0.4) is 0 Å². The fraction of sp³-hybridized carbons (Fsp3) is 0.667. The molecule has 0 saturated carbocycles. The van der Waals surface area contributed by atoms with E-state index in [1.807, 2.05) is 21.7 Å². The van der Waals surface area contributed by atoms with Gasteiger partial charge in [-0.1, -0.05) is 0 Å². The molecule has 2 fully saturated rings. The molecule has 2 atom stereocenters. The minimum atomic E-state index is 0.187. The molecule has 2 aromatic rings. The van der Waals surface area contributed by atoms with E-state index >= 15 is 0 Å². The Labute approximate surface area is 176 Å². The first-order valence-electron chi connectivity index (χ1n) is 10.6. The van der Waals surface area contributed by atoms with Crippen LogP contribution in [-0.2, 0) is 16.0 Å². The van der Waals surface area contributed by atoms with E-state index in [4.69, 9.17) is 9.15 Å². The summed E-state index contributed by atoms with van der Waals surface area (Å²) >= 11 is 1.59. The molecule has 4 rings (SSSR count). The highest BCUT2D eigenvalue weighted by atomic mass is 32.1. The van der Waals surface area contributed by atoms with Crippen molar-refractivity contribution in [3.63, 3.8) is 0 Å². The summed E-state index contributed by atoms with van der Waals surface area (Å²) in [5, 5.41) is 12.1. The van der Waals surface area contributed by atoms with Crippen LogP contribution in [0, 0.1) is 5.92 Å². The number of ether oxygens (including phenoxy) is 1. The van der Waals surface area contributed by atoms with Crippen LogP contribution in [-0.4, -0.2) is 70.8 Å². The summed E-state index contributed by atoms with van der Waals surface area (Å²) in [5.41, 5.74) is 0.936. The molecular formula is C21H30N4O3S. The van der Waals surface area contributed by atoms with Crippen LogP contribution in [0.25, 0.3) is 11.5 Å². The van der Waals surface area contributed by atoms with Crippen molar-refractivity contribution in [2.24, 2.45) is 5.92 Å². The van der Waals surface area contributed by atoms with Gasteiger partial charge in [0.15, 0.2) is 0 Å². The maximum absolute atomic E-state index is 12.6. The van der Waals surface area contributed by atoms with E-state index in [0.717, 1.165) is 51.1 Å². The quantitative estimate of drug-likeness (QED) is 0.718. The lowest BCUT2D eigenvalue weighted by molar-refractivity contribution is -0.132. The van der Waals surface area contributed by atoms with Gasteiger partial charge in [-0.25, -0.2) is 0 Å². The number of aromatic nitrogens is 2. The maximum Gasteiger partial charge on any atom is 0.248 e. The Bertz CT molecular complexity index is 776. The Morgan fingerprint density at radius 2 is 1.97 bits per heavy atom. The zero-order valence-electron chi connectivity index (χ0n) is 17.2. The summed E-state index contributed by atoms with van der Waals surface area (Å²) in [5.74, 6) is 1.92. The first kappa shape index (κ1) is 20.5. The van der Waals surface area contributed by atoms with Gasteiger partial charge in [-0.2, -0.15) is 11.3 Å². The highest BCUT2D eigenvalue weighted by Crippen LogP contribution is 2.23. The second kappa shape index (κ2) is 9.36. The number of carbonyl (C=O) groups is 1. The van der Waals surface area contributed by atoms with Crippen molar-refractivity contribution in [3.8, 4) is 11.5 Å². The molecule has 7 nitrogen and oxygen atoms in total. The van der Waals surface area contributed by atoms with Gasteiger partial charge in [-0.05, 0) is 44.1 Å². The van der Waals surface area contributed by atoms with Gasteiger partial charge >= 0.3 is 0 Å². The summed E-state index contributed by atoms with van der Waals surface area (Å²) in [6.07, 6.45) is 3.70. The highest BCUT2D eigenvalue weighted by molar-refractivity contribution is 7.08. The van der Waals surface area contributed by atoms with Gasteiger partial charge in [0.2, 0.25) is 17.7 Å². The van der Waals surface area contributed by atoms with Gasteiger partial charge in [0.25, 0.3) is 0 Å². The number of likely N-dealkylation sites (tertiary alicyclic amines) is 1. The molecule has 0 bridgehead atoms. The van der Waals surface area contributed by atoms with Gasteiger partial charge in [0, 0.05) is 56.5 Å². The first-order valence-corrected chi connectivity index (χ1v) is 11.5. The summed E-state index contributed by atoms with van der Waals surface area (Å²) in [6, 6.07) is 1.95. The van der Waals surface area contributed by atoms with E-state index in [-0.39, 0.29) is 5.91 Å². The molecule has 2 aromatic heterocycles. The zero-order valence-corrected chi connectivity index (χ0v) is 18.1. The summed E-state index contributed by atoms with van der Waals surface area (Å²) in [7, 11) is 0. The SMILES string of the molecule is CC1CN(CC2CCN(C(=O)CCc3nnc(-c4ccsc4)o3)CC2)CC(C)O1. The lowest BCUT2D eigenvalue weighted by Gasteiger charge is -2.39. The van der Waals surface area contributed by atoms with Crippen LogP contribution in [0.2, 0.25) is 0 Å². The number of morpholine rings is 1. The lowest BCUT2D eigenvalue weighted by atomic mass is 9.95. The van der Waals surface area contributed by atoms with Crippen molar-refractivity contribution in [2.45, 2.75) is 51.7 Å². The number of thiophene rings is 1. The molecule has 29 heavy (non-hydrogen) atoms. The Kier molecular flexibility index (Phi) is 6.62. The molecule has 2 saturated heterocycles. The lowest BCUT2D eigenvalue weighted by Crippen LogP contribution is -2.48. The fourth-order valence-electron chi connectivity index (χ4n) is 4.39. The third kappa shape index (κ3) is 5.43. The number of piperidine rings is 1. The molecule has 0 N–H and O–H groups in total. The van der Waals surface area contributed by atoms with Crippen molar-refractivity contribution < 1.29 is 13.9 Å². The number of hydrogen-bond donors (Lipinski definition) is 0. The molecule has 0 aliphatic carbocycles. The van der Waals surface area contributed by atoms with E-state index in [0.29, 0.717) is 42.7 Å². The second-order valence-corrected chi connectivity index (χ2v) is 9.09. The average molecular weight is 419 g/mol. The number of nitrogens with zero attached hydrogens (tertiary/aromatic N) is 4.